The molecule has 0 amide bonds. The summed E-state index contributed by atoms with van der Waals surface area (Å²) in [5.74, 6) is 0.934. The molecular weight excluding hydrogens is 472 g/mol. The van der Waals surface area contributed by atoms with Gasteiger partial charge in [0, 0.05) is 13.1 Å². The quantitative estimate of drug-likeness (QED) is 0.224. The van der Waals surface area contributed by atoms with Gasteiger partial charge in [0.2, 0.25) is 0 Å². The molecule has 0 aliphatic heterocycles. The van der Waals surface area contributed by atoms with Crippen LogP contribution in [0.15, 0.2) is 29.3 Å². The first-order valence-electron chi connectivity index (χ1n) is 8.99. The summed E-state index contributed by atoms with van der Waals surface area (Å²) >= 11 is 0. The van der Waals surface area contributed by atoms with E-state index in [1.807, 2.05) is 0 Å². The van der Waals surface area contributed by atoms with Crippen LogP contribution >= 0.6 is 24.0 Å². The Kier molecular flexibility index (Phi) is 9.72. The molecule has 152 valence electrons. The number of anilines is 1. The molecule has 0 unspecified atom stereocenters. The molecule has 0 spiro atoms. The third-order valence-electron chi connectivity index (χ3n) is 4.06. The van der Waals surface area contributed by atoms with Gasteiger partial charge in [-0.3, -0.25) is 4.99 Å². The highest BCUT2D eigenvalue weighted by atomic mass is 127. The molecule has 7 nitrogen and oxygen atoms in total. The summed E-state index contributed by atoms with van der Waals surface area (Å²) in [4.78, 5) is 4.28. The molecule has 9 heteroatoms. The van der Waals surface area contributed by atoms with Gasteiger partial charge in [-0.05, 0) is 49.4 Å². The minimum atomic E-state index is -0.345. The Morgan fingerprint density at radius 1 is 1.36 bits per heavy atom. The minimum absolute atomic E-state index is 0. The van der Waals surface area contributed by atoms with E-state index >= 15 is 0 Å². The number of nitrogen functional groups attached to an aromatic ring is 1. The number of hydrogen-bond acceptors (Lipinski definition) is 4. The number of nitrogens with one attached hydrogen (secondary N) is 1. The van der Waals surface area contributed by atoms with Gasteiger partial charge in [-0.2, -0.15) is 10.4 Å². The van der Waals surface area contributed by atoms with Crippen LogP contribution < -0.4 is 16.8 Å². The molecular formula is C19H27FIN7. The summed E-state index contributed by atoms with van der Waals surface area (Å²) in [7, 11) is 0. The van der Waals surface area contributed by atoms with Crippen molar-refractivity contribution in [2.75, 3.05) is 18.8 Å². The fourth-order valence-corrected chi connectivity index (χ4v) is 2.55. The zero-order chi connectivity index (χ0) is 19.8. The van der Waals surface area contributed by atoms with Crippen LogP contribution in [-0.4, -0.2) is 28.8 Å². The molecule has 1 aromatic heterocycles. The van der Waals surface area contributed by atoms with E-state index < -0.39 is 0 Å². The van der Waals surface area contributed by atoms with Gasteiger partial charge in [-0.1, -0.05) is 13.8 Å². The van der Waals surface area contributed by atoms with Crippen LogP contribution in [0.2, 0.25) is 0 Å². The lowest BCUT2D eigenvalue weighted by Gasteiger charge is -2.07. The van der Waals surface area contributed by atoms with Crippen molar-refractivity contribution in [3.63, 3.8) is 0 Å². The van der Waals surface area contributed by atoms with Crippen molar-refractivity contribution in [2.45, 2.75) is 33.1 Å². The molecule has 0 atom stereocenters. The molecule has 5 N–H and O–H groups in total. The third-order valence-corrected chi connectivity index (χ3v) is 4.06. The summed E-state index contributed by atoms with van der Waals surface area (Å²) in [5.41, 5.74) is 13.4. The summed E-state index contributed by atoms with van der Waals surface area (Å²) in [5, 5.41) is 16.9. The molecule has 0 fully saturated rings. The van der Waals surface area contributed by atoms with Crippen molar-refractivity contribution in [3.05, 3.63) is 41.3 Å². The van der Waals surface area contributed by atoms with Crippen molar-refractivity contribution in [2.24, 2.45) is 16.6 Å². The first kappa shape index (κ1) is 23.7. The van der Waals surface area contributed by atoms with Crippen molar-refractivity contribution < 1.29 is 4.39 Å². The van der Waals surface area contributed by atoms with Crippen molar-refractivity contribution in [1.29, 1.82) is 5.26 Å². The summed E-state index contributed by atoms with van der Waals surface area (Å²) in [6.45, 7) is 5.62. The number of halogens is 2. The van der Waals surface area contributed by atoms with Gasteiger partial charge in [-0.15, -0.1) is 24.0 Å². The molecule has 0 aliphatic rings. The maximum atomic E-state index is 13.1. The van der Waals surface area contributed by atoms with Crippen molar-refractivity contribution in [1.82, 2.24) is 15.1 Å². The van der Waals surface area contributed by atoms with Gasteiger partial charge in [-0.25, -0.2) is 9.07 Å². The SMILES string of the molecule is CC(C)CCNC(N)=NCCCc1nn(-c2ccc(F)cc2)c(N)c1C#N.I. The molecule has 0 saturated carbocycles. The molecule has 28 heavy (non-hydrogen) atoms. The van der Waals surface area contributed by atoms with E-state index in [9.17, 15) is 9.65 Å². The first-order chi connectivity index (χ1) is 12.9. The number of aryl methyl sites for hydroxylation is 1. The Bertz CT molecular complexity index is 822. The fourth-order valence-electron chi connectivity index (χ4n) is 2.55. The van der Waals surface area contributed by atoms with Crippen molar-refractivity contribution in [3.8, 4) is 11.8 Å². The van der Waals surface area contributed by atoms with Gasteiger partial charge in [0.15, 0.2) is 5.96 Å². The van der Waals surface area contributed by atoms with Gasteiger partial charge in [0.25, 0.3) is 0 Å². The number of benzene rings is 1. The van der Waals surface area contributed by atoms with Gasteiger partial charge >= 0.3 is 0 Å². The van der Waals surface area contributed by atoms with E-state index in [0.717, 1.165) is 13.0 Å². The van der Waals surface area contributed by atoms with Crippen LogP contribution in [0.4, 0.5) is 10.2 Å². The summed E-state index contributed by atoms with van der Waals surface area (Å²) < 4.78 is 14.6. The summed E-state index contributed by atoms with van der Waals surface area (Å²) in [6.07, 6.45) is 2.26. The van der Waals surface area contributed by atoms with Gasteiger partial charge in [0.05, 0.1) is 11.4 Å². The second-order valence-corrected chi connectivity index (χ2v) is 6.69. The molecule has 0 saturated heterocycles. The molecule has 0 aliphatic carbocycles. The minimum Gasteiger partial charge on any atom is -0.382 e. The molecule has 1 aromatic carbocycles. The van der Waals surface area contributed by atoms with Crippen LogP contribution in [0, 0.1) is 23.1 Å². The number of aromatic nitrogens is 2. The lowest BCUT2D eigenvalue weighted by atomic mass is 10.1. The Morgan fingerprint density at radius 3 is 2.64 bits per heavy atom. The topological polar surface area (TPSA) is 118 Å². The number of nitrogens with two attached hydrogens (primary N) is 2. The van der Waals surface area contributed by atoms with Crippen LogP contribution in [0.3, 0.4) is 0 Å². The lowest BCUT2D eigenvalue weighted by molar-refractivity contribution is 0.576. The van der Waals surface area contributed by atoms with Crippen LogP contribution in [0.25, 0.3) is 5.69 Å². The highest BCUT2D eigenvalue weighted by Crippen LogP contribution is 2.21. The van der Waals surface area contributed by atoms with Gasteiger partial charge < -0.3 is 16.8 Å². The first-order valence-corrected chi connectivity index (χ1v) is 8.99. The zero-order valence-corrected chi connectivity index (χ0v) is 18.5. The van der Waals surface area contributed by atoms with E-state index in [2.05, 4.69) is 35.3 Å². The molecule has 0 bridgehead atoms. The number of guanidine groups is 1. The largest absolute Gasteiger partial charge is 0.382 e. The molecule has 0 radical (unpaired) electrons. The average Bonchev–Trinajstić information content (AvgIpc) is 2.94. The Labute approximate surface area is 182 Å². The third kappa shape index (κ3) is 6.67. The Balaban J connectivity index is 0.00000392. The van der Waals surface area contributed by atoms with E-state index in [1.165, 1.54) is 16.8 Å². The van der Waals surface area contributed by atoms with Crippen LogP contribution in [0.5, 0.6) is 0 Å². The predicted molar refractivity (Wildman–Crippen MR) is 120 cm³/mol. The van der Waals surface area contributed by atoms with E-state index in [1.54, 1.807) is 12.1 Å². The highest BCUT2D eigenvalue weighted by molar-refractivity contribution is 14.0. The smallest absolute Gasteiger partial charge is 0.188 e. The summed E-state index contributed by atoms with van der Waals surface area (Å²) in [6, 6.07) is 7.88. The maximum Gasteiger partial charge on any atom is 0.188 e. The molecule has 1 heterocycles. The molecule has 2 aromatic rings. The average molecular weight is 499 g/mol. The van der Waals surface area contributed by atoms with Crippen LogP contribution in [0.1, 0.15) is 37.9 Å². The van der Waals surface area contributed by atoms with Crippen LogP contribution in [-0.2, 0) is 6.42 Å². The zero-order valence-electron chi connectivity index (χ0n) is 16.2. The fraction of sp³-hybridized carbons (Fsp3) is 0.421. The lowest BCUT2D eigenvalue weighted by Crippen LogP contribution is -2.33. The maximum absolute atomic E-state index is 13.1. The Hall–Kier alpha value is -2.35. The predicted octanol–water partition coefficient (Wildman–Crippen LogP) is 2.97. The second-order valence-electron chi connectivity index (χ2n) is 6.69. The van der Waals surface area contributed by atoms with E-state index in [-0.39, 0.29) is 35.6 Å². The number of rotatable bonds is 8. The van der Waals surface area contributed by atoms with E-state index in [0.29, 0.717) is 48.2 Å². The van der Waals surface area contributed by atoms with Crippen molar-refractivity contribution >= 4 is 35.8 Å². The second kappa shape index (κ2) is 11.5. The Morgan fingerprint density at radius 2 is 2.04 bits per heavy atom. The standard InChI is InChI=1S/C19H26FN7.HI/c1-13(2)9-11-25-19(23)24-10-3-4-17-16(12-21)18(22)27(26-17)15-7-5-14(20)6-8-15;/h5-8,13H,3-4,9-11,22H2,1-2H3,(H3,23,24,25);1H. The van der Waals surface area contributed by atoms with Gasteiger partial charge in [0.1, 0.15) is 23.3 Å². The number of aliphatic imine (C=N–C) groups is 1. The number of nitriles is 1. The monoisotopic (exact) mass is 499 g/mol. The van der Waals surface area contributed by atoms with E-state index in [4.69, 9.17) is 11.5 Å². The number of hydrogen-bond donors (Lipinski definition) is 3. The highest BCUT2D eigenvalue weighted by Gasteiger charge is 2.16. The number of nitrogens with zero attached hydrogens (tertiary/aromatic N) is 4. The normalized spacial score (nSPS) is 11.2. The molecule has 2 rings (SSSR count).